The van der Waals surface area contributed by atoms with Gasteiger partial charge in [-0.05, 0) is 51.5 Å². The van der Waals surface area contributed by atoms with E-state index in [0.717, 1.165) is 5.56 Å². The lowest BCUT2D eigenvalue weighted by molar-refractivity contribution is -0.137. The summed E-state index contributed by atoms with van der Waals surface area (Å²) < 4.78 is 10.2. The fourth-order valence-electron chi connectivity index (χ4n) is 1.49. The van der Waals surface area contributed by atoms with Crippen molar-refractivity contribution in [3.8, 4) is 5.75 Å². The molecule has 0 N–H and O–H groups in total. The van der Waals surface area contributed by atoms with Gasteiger partial charge in [-0.1, -0.05) is 0 Å². The summed E-state index contributed by atoms with van der Waals surface area (Å²) in [5, 5.41) is 0. The molecule has 1 aromatic rings. The van der Waals surface area contributed by atoms with Crippen LogP contribution in [-0.2, 0) is 9.53 Å². The number of ether oxygens (including phenoxy) is 2. The third kappa shape index (κ3) is 3.58. The first-order chi connectivity index (χ1) is 8.45. The van der Waals surface area contributed by atoms with E-state index < -0.39 is 11.8 Å². The van der Waals surface area contributed by atoms with Crippen molar-refractivity contribution in [1.82, 2.24) is 0 Å². The number of rotatable bonds is 5. The monoisotopic (exact) mass is 250 g/mol. The average Bonchev–Trinajstić information content (AvgIpc) is 2.30. The maximum atomic E-state index is 11.7. The molecule has 0 aromatic heterocycles. The summed E-state index contributed by atoms with van der Waals surface area (Å²) in [5.74, 6) is -0.740. The molecule has 0 unspecified atom stereocenters. The molecule has 0 radical (unpaired) electrons. The molecule has 0 amide bonds. The second kappa shape index (κ2) is 6.19. The fraction of sp³-hybridized carbons (Fsp3) is 0.429. The minimum atomic E-state index is -0.825. The Morgan fingerprint density at radius 3 is 2.44 bits per heavy atom. The first-order valence-electron chi connectivity index (χ1n) is 5.94. The van der Waals surface area contributed by atoms with Crippen LogP contribution in [0, 0.1) is 6.92 Å². The third-order valence-electron chi connectivity index (χ3n) is 2.26. The molecule has 1 aromatic carbocycles. The van der Waals surface area contributed by atoms with Gasteiger partial charge >= 0.3 is 5.97 Å². The molecule has 0 aliphatic carbocycles. The van der Waals surface area contributed by atoms with Crippen LogP contribution >= 0.6 is 0 Å². The molecule has 4 nitrogen and oxygen atoms in total. The molecule has 4 heteroatoms. The van der Waals surface area contributed by atoms with Gasteiger partial charge < -0.3 is 9.47 Å². The molecule has 0 spiro atoms. The van der Waals surface area contributed by atoms with Gasteiger partial charge in [-0.3, -0.25) is 4.79 Å². The van der Waals surface area contributed by atoms with Gasteiger partial charge in [-0.25, -0.2) is 4.79 Å². The summed E-state index contributed by atoms with van der Waals surface area (Å²) in [6.07, 6.45) is 0.0651. The maximum Gasteiger partial charge on any atom is 0.379 e. The Balaban J connectivity index is 2.90. The lowest BCUT2D eigenvalue weighted by Crippen LogP contribution is -2.17. The van der Waals surface area contributed by atoms with Crippen molar-refractivity contribution in [1.29, 1.82) is 0 Å². The number of esters is 1. The van der Waals surface area contributed by atoms with Crippen molar-refractivity contribution in [2.75, 3.05) is 6.61 Å². The predicted molar refractivity (Wildman–Crippen MR) is 67.9 cm³/mol. The van der Waals surface area contributed by atoms with Crippen LogP contribution in [0.1, 0.15) is 36.7 Å². The van der Waals surface area contributed by atoms with Gasteiger partial charge in [0.05, 0.1) is 12.7 Å². The topological polar surface area (TPSA) is 52.6 Å². The highest BCUT2D eigenvalue weighted by Gasteiger charge is 2.18. The molecule has 98 valence electrons. The highest BCUT2D eigenvalue weighted by molar-refractivity contribution is 6.40. The lowest BCUT2D eigenvalue weighted by atomic mass is 10.1. The molecule has 0 fully saturated rings. The molecule has 0 saturated carbocycles. The number of benzene rings is 1. The van der Waals surface area contributed by atoms with Crippen molar-refractivity contribution in [3.05, 3.63) is 29.3 Å². The molecule has 18 heavy (non-hydrogen) atoms. The Labute approximate surface area is 107 Å². The number of Topliss-reactive ketones (excluding diaryl/α,β-unsaturated/α-hetero) is 1. The molecule has 0 heterocycles. The van der Waals surface area contributed by atoms with Gasteiger partial charge in [0.25, 0.3) is 5.78 Å². The Bertz CT molecular complexity index is 449. The largest absolute Gasteiger partial charge is 0.491 e. The summed E-state index contributed by atoms with van der Waals surface area (Å²) in [4.78, 5) is 23.0. The zero-order valence-electron chi connectivity index (χ0n) is 11.1. The second-order valence-electron chi connectivity index (χ2n) is 4.20. The van der Waals surface area contributed by atoms with Gasteiger partial charge in [0.15, 0.2) is 0 Å². The normalized spacial score (nSPS) is 10.3. The van der Waals surface area contributed by atoms with Crippen molar-refractivity contribution in [2.24, 2.45) is 0 Å². The molecule has 0 aliphatic rings. The van der Waals surface area contributed by atoms with Crippen LogP contribution in [0.2, 0.25) is 0 Å². The zero-order chi connectivity index (χ0) is 13.7. The Kier molecular flexibility index (Phi) is 4.89. The molecule has 0 saturated heterocycles. The lowest BCUT2D eigenvalue weighted by Gasteiger charge is -2.12. The number of carbonyl (C=O) groups excluding carboxylic acids is 2. The molecule has 0 bridgehead atoms. The summed E-state index contributed by atoms with van der Waals surface area (Å²) in [7, 11) is 0. The second-order valence-corrected chi connectivity index (χ2v) is 4.20. The first-order valence-corrected chi connectivity index (χ1v) is 5.94. The number of aryl methyl sites for hydroxylation is 1. The van der Waals surface area contributed by atoms with E-state index >= 15 is 0 Å². The summed E-state index contributed by atoms with van der Waals surface area (Å²) in [5.41, 5.74) is 1.14. The zero-order valence-corrected chi connectivity index (χ0v) is 11.1. The Morgan fingerprint density at radius 1 is 1.28 bits per heavy atom. The molecular formula is C14H18O4. The summed E-state index contributed by atoms with van der Waals surface area (Å²) in [6.45, 7) is 7.54. The molecule has 0 atom stereocenters. The van der Waals surface area contributed by atoms with Crippen LogP contribution in [0.5, 0.6) is 5.75 Å². The third-order valence-corrected chi connectivity index (χ3v) is 2.26. The molecule has 0 aliphatic heterocycles. The number of ketones is 1. The van der Waals surface area contributed by atoms with E-state index in [4.69, 9.17) is 4.74 Å². The van der Waals surface area contributed by atoms with Crippen LogP contribution in [-0.4, -0.2) is 24.5 Å². The standard InChI is InChI=1S/C14H18O4/c1-5-17-14(16)13(15)11-6-7-12(10(4)8-11)18-9(2)3/h6-9H,5H2,1-4H3. The minimum Gasteiger partial charge on any atom is -0.491 e. The highest BCUT2D eigenvalue weighted by atomic mass is 16.5. The first kappa shape index (κ1) is 14.2. The predicted octanol–water partition coefficient (Wildman–Crippen LogP) is 2.53. The maximum absolute atomic E-state index is 11.7. The molecular weight excluding hydrogens is 232 g/mol. The number of hydrogen-bond donors (Lipinski definition) is 0. The van der Waals surface area contributed by atoms with Crippen molar-refractivity contribution >= 4 is 11.8 Å². The van der Waals surface area contributed by atoms with E-state index in [9.17, 15) is 9.59 Å². The van der Waals surface area contributed by atoms with Gasteiger partial charge in [0.1, 0.15) is 5.75 Å². The fourth-order valence-corrected chi connectivity index (χ4v) is 1.49. The van der Waals surface area contributed by atoms with E-state index in [1.54, 1.807) is 25.1 Å². The smallest absolute Gasteiger partial charge is 0.379 e. The van der Waals surface area contributed by atoms with E-state index in [-0.39, 0.29) is 12.7 Å². The number of carbonyl (C=O) groups is 2. The quantitative estimate of drug-likeness (QED) is 0.458. The van der Waals surface area contributed by atoms with Crippen molar-refractivity contribution in [3.63, 3.8) is 0 Å². The molecule has 1 rings (SSSR count). The van der Waals surface area contributed by atoms with Crippen molar-refractivity contribution < 1.29 is 19.1 Å². The van der Waals surface area contributed by atoms with Crippen LogP contribution in [0.15, 0.2) is 18.2 Å². The van der Waals surface area contributed by atoms with Crippen LogP contribution in [0.25, 0.3) is 0 Å². The van der Waals surface area contributed by atoms with Crippen LogP contribution in [0.4, 0.5) is 0 Å². The van der Waals surface area contributed by atoms with Crippen LogP contribution in [0.3, 0.4) is 0 Å². The summed E-state index contributed by atoms with van der Waals surface area (Å²) in [6, 6.07) is 4.91. The Morgan fingerprint density at radius 2 is 1.94 bits per heavy atom. The van der Waals surface area contributed by atoms with Crippen LogP contribution < -0.4 is 4.74 Å². The van der Waals surface area contributed by atoms with E-state index in [2.05, 4.69) is 4.74 Å². The SMILES string of the molecule is CCOC(=O)C(=O)c1ccc(OC(C)C)c(C)c1. The van der Waals surface area contributed by atoms with E-state index in [1.807, 2.05) is 20.8 Å². The van der Waals surface area contributed by atoms with Crippen molar-refractivity contribution in [2.45, 2.75) is 33.8 Å². The average molecular weight is 250 g/mol. The highest BCUT2D eigenvalue weighted by Crippen LogP contribution is 2.20. The van der Waals surface area contributed by atoms with Gasteiger partial charge in [-0.15, -0.1) is 0 Å². The van der Waals surface area contributed by atoms with Gasteiger partial charge in [0.2, 0.25) is 0 Å². The number of hydrogen-bond acceptors (Lipinski definition) is 4. The van der Waals surface area contributed by atoms with Gasteiger partial charge in [-0.2, -0.15) is 0 Å². The van der Waals surface area contributed by atoms with Gasteiger partial charge in [0, 0.05) is 5.56 Å². The van der Waals surface area contributed by atoms with E-state index in [1.165, 1.54) is 0 Å². The Hall–Kier alpha value is -1.84. The minimum absolute atomic E-state index is 0.0651. The summed E-state index contributed by atoms with van der Waals surface area (Å²) >= 11 is 0. The van der Waals surface area contributed by atoms with E-state index in [0.29, 0.717) is 11.3 Å².